The third-order valence-corrected chi connectivity index (χ3v) is 2.37. The predicted octanol–water partition coefficient (Wildman–Crippen LogP) is 1.52. The van der Waals surface area contributed by atoms with Crippen molar-refractivity contribution >= 4 is 12.2 Å². The van der Waals surface area contributed by atoms with E-state index in [9.17, 15) is 4.79 Å². The molecule has 0 unspecified atom stereocenters. The van der Waals surface area contributed by atoms with Gasteiger partial charge in [-0.2, -0.15) is 0 Å². The molecule has 4 heteroatoms. The van der Waals surface area contributed by atoms with Crippen molar-refractivity contribution < 1.29 is 4.79 Å². The molecule has 2 rings (SSSR count). The maximum absolute atomic E-state index is 11.8. The fourth-order valence-corrected chi connectivity index (χ4v) is 1.58. The van der Waals surface area contributed by atoms with Crippen LogP contribution < -0.4 is 5.32 Å². The van der Waals surface area contributed by atoms with E-state index in [0.717, 1.165) is 11.4 Å². The highest BCUT2D eigenvalue weighted by Gasteiger charge is 2.26. The Labute approximate surface area is 89.4 Å². The number of nitrogens with zero attached hydrogens (tertiary/aromatic N) is 2. The van der Waals surface area contributed by atoms with Gasteiger partial charge in [0.1, 0.15) is 0 Å². The minimum absolute atomic E-state index is 0.0355. The summed E-state index contributed by atoms with van der Waals surface area (Å²) in [6, 6.07) is -0.0355. The molecule has 2 heterocycles. The summed E-state index contributed by atoms with van der Waals surface area (Å²) < 4.78 is 0. The Morgan fingerprint density at radius 1 is 1.67 bits per heavy atom. The minimum Gasteiger partial charge on any atom is -0.337 e. The zero-order valence-corrected chi connectivity index (χ0v) is 9.03. The third kappa shape index (κ3) is 1.93. The number of carbonyl (C=O) groups is 1. The number of aliphatic imine (C=N–C) groups is 1. The van der Waals surface area contributed by atoms with Gasteiger partial charge in [0.25, 0.3) is 0 Å². The highest BCUT2D eigenvalue weighted by Crippen LogP contribution is 2.25. The van der Waals surface area contributed by atoms with Crippen LogP contribution in [0.3, 0.4) is 0 Å². The topological polar surface area (TPSA) is 44.7 Å². The lowest BCUT2D eigenvalue weighted by atomic mass is 10.2. The van der Waals surface area contributed by atoms with Crippen molar-refractivity contribution in [3.63, 3.8) is 0 Å². The maximum Gasteiger partial charge on any atom is 0.322 e. The Morgan fingerprint density at radius 3 is 3.20 bits per heavy atom. The quantitative estimate of drug-likeness (QED) is 0.729. The number of rotatable bonds is 2. The predicted molar refractivity (Wildman–Crippen MR) is 59.6 cm³/mol. The largest absolute Gasteiger partial charge is 0.337 e. The van der Waals surface area contributed by atoms with E-state index >= 15 is 0 Å². The number of hydrogen-bond acceptors (Lipinski definition) is 2. The molecule has 1 N–H and O–H groups in total. The highest BCUT2D eigenvalue weighted by molar-refractivity contribution is 5.85. The first-order valence-electron chi connectivity index (χ1n) is 5.18. The number of urea groups is 1. The van der Waals surface area contributed by atoms with Gasteiger partial charge in [0.05, 0.1) is 11.4 Å². The molecular formula is C11H15N3O. The highest BCUT2D eigenvalue weighted by atomic mass is 16.2. The summed E-state index contributed by atoms with van der Waals surface area (Å²) in [6.07, 6.45) is 5.56. The molecule has 0 atom stereocenters. The van der Waals surface area contributed by atoms with Gasteiger partial charge in [-0.1, -0.05) is 13.8 Å². The molecule has 0 spiro atoms. The van der Waals surface area contributed by atoms with Gasteiger partial charge in [-0.25, -0.2) is 4.79 Å². The summed E-state index contributed by atoms with van der Waals surface area (Å²) in [5, 5.41) is 2.89. The Bertz CT molecular complexity index is 366. The van der Waals surface area contributed by atoms with Crippen LogP contribution in [0.2, 0.25) is 0 Å². The molecule has 2 aliphatic heterocycles. The SMILES string of the molecule is CC(C)CNC(=O)N1CC=C2N=CC=C21. The average molecular weight is 205 g/mol. The molecular weight excluding hydrogens is 190 g/mol. The van der Waals surface area contributed by atoms with Crippen molar-refractivity contribution in [1.29, 1.82) is 0 Å². The minimum atomic E-state index is -0.0355. The van der Waals surface area contributed by atoms with Gasteiger partial charge in [0, 0.05) is 19.3 Å². The van der Waals surface area contributed by atoms with Crippen LogP contribution in [0.1, 0.15) is 13.8 Å². The summed E-state index contributed by atoms with van der Waals surface area (Å²) in [6.45, 7) is 5.49. The van der Waals surface area contributed by atoms with E-state index in [1.54, 1.807) is 11.1 Å². The molecule has 0 saturated heterocycles. The van der Waals surface area contributed by atoms with Crippen molar-refractivity contribution in [1.82, 2.24) is 10.2 Å². The summed E-state index contributed by atoms with van der Waals surface area (Å²) in [5.41, 5.74) is 1.82. The fourth-order valence-electron chi connectivity index (χ4n) is 1.58. The zero-order valence-electron chi connectivity index (χ0n) is 9.03. The van der Waals surface area contributed by atoms with Gasteiger partial charge in [-0.15, -0.1) is 0 Å². The Morgan fingerprint density at radius 2 is 2.47 bits per heavy atom. The van der Waals surface area contributed by atoms with E-state index in [-0.39, 0.29) is 6.03 Å². The number of carbonyl (C=O) groups excluding carboxylic acids is 1. The monoisotopic (exact) mass is 205 g/mol. The van der Waals surface area contributed by atoms with Gasteiger partial charge in [-0.3, -0.25) is 9.89 Å². The fraction of sp³-hybridized carbons (Fsp3) is 0.455. The van der Waals surface area contributed by atoms with Crippen LogP contribution in [0.25, 0.3) is 0 Å². The summed E-state index contributed by atoms with van der Waals surface area (Å²) in [5.74, 6) is 0.470. The van der Waals surface area contributed by atoms with Crippen LogP contribution in [0, 0.1) is 5.92 Å². The molecule has 0 aromatic rings. The third-order valence-electron chi connectivity index (χ3n) is 2.37. The zero-order chi connectivity index (χ0) is 10.8. The second-order valence-corrected chi connectivity index (χ2v) is 4.11. The molecule has 4 nitrogen and oxygen atoms in total. The van der Waals surface area contributed by atoms with E-state index in [4.69, 9.17) is 0 Å². The van der Waals surface area contributed by atoms with E-state index in [1.807, 2.05) is 12.2 Å². The summed E-state index contributed by atoms with van der Waals surface area (Å²) in [4.78, 5) is 17.6. The molecule has 15 heavy (non-hydrogen) atoms. The number of fused-ring (bicyclic) bond motifs is 1. The molecule has 0 radical (unpaired) electrons. The lowest BCUT2D eigenvalue weighted by Gasteiger charge is -2.18. The molecule has 0 fully saturated rings. The Balaban J connectivity index is 1.94. The van der Waals surface area contributed by atoms with Crippen molar-refractivity contribution in [2.24, 2.45) is 10.9 Å². The van der Waals surface area contributed by atoms with Gasteiger partial charge >= 0.3 is 6.03 Å². The number of amides is 2. The standard InChI is InChI=1S/C11H15N3O/c1-8(2)7-13-11(15)14-6-4-9-10(14)3-5-12-9/h3-5,8H,6-7H2,1-2H3,(H,13,15). The van der Waals surface area contributed by atoms with E-state index < -0.39 is 0 Å². The smallest absolute Gasteiger partial charge is 0.322 e. The van der Waals surface area contributed by atoms with Gasteiger partial charge in [0.15, 0.2) is 0 Å². The van der Waals surface area contributed by atoms with Crippen molar-refractivity contribution in [3.8, 4) is 0 Å². The summed E-state index contributed by atoms with van der Waals surface area (Å²) >= 11 is 0. The molecule has 0 saturated carbocycles. The first-order chi connectivity index (χ1) is 7.18. The molecule has 0 aromatic carbocycles. The first-order valence-corrected chi connectivity index (χ1v) is 5.18. The number of hydrogen-bond donors (Lipinski definition) is 1. The van der Waals surface area contributed by atoms with Crippen LogP contribution in [0.15, 0.2) is 28.5 Å². The summed E-state index contributed by atoms with van der Waals surface area (Å²) in [7, 11) is 0. The van der Waals surface area contributed by atoms with Crippen molar-refractivity contribution in [3.05, 3.63) is 23.5 Å². The number of nitrogens with one attached hydrogen (secondary N) is 1. The van der Waals surface area contributed by atoms with Crippen LogP contribution in [0.5, 0.6) is 0 Å². The second-order valence-electron chi connectivity index (χ2n) is 4.11. The van der Waals surface area contributed by atoms with Crippen molar-refractivity contribution in [2.75, 3.05) is 13.1 Å². The van der Waals surface area contributed by atoms with Crippen LogP contribution in [-0.2, 0) is 0 Å². The van der Waals surface area contributed by atoms with Gasteiger partial charge in [0.2, 0.25) is 0 Å². The second kappa shape index (κ2) is 3.88. The van der Waals surface area contributed by atoms with Gasteiger partial charge < -0.3 is 5.32 Å². The molecule has 2 aliphatic rings. The molecule has 0 aliphatic carbocycles. The maximum atomic E-state index is 11.8. The lowest BCUT2D eigenvalue weighted by Crippen LogP contribution is -2.39. The average Bonchev–Trinajstić information content (AvgIpc) is 2.74. The molecule has 80 valence electrons. The molecule has 0 bridgehead atoms. The first kappa shape index (κ1) is 9.96. The van der Waals surface area contributed by atoms with E-state index in [1.165, 1.54) is 0 Å². The van der Waals surface area contributed by atoms with Crippen LogP contribution in [0.4, 0.5) is 4.79 Å². The Hall–Kier alpha value is -1.58. The van der Waals surface area contributed by atoms with Gasteiger partial charge in [-0.05, 0) is 18.1 Å². The molecule has 0 aromatic heterocycles. The Kier molecular flexibility index (Phi) is 2.58. The van der Waals surface area contributed by atoms with E-state index in [0.29, 0.717) is 19.0 Å². The van der Waals surface area contributed by atoms with Crippen LogP contribution >= 0.6 is 0 Å². The van der Waals surface area contributed by atoms with Crippen molar-refractivity contribution in [2.45, 2.75) is 13.8 Å². The lowest BCUT2D eigenvalue weighted by molar-refractivity contribution is 0.216. The number of allylic oxidation sites excluding steroid dienone is 1. The molecule has 2 amide bonds. The normalized spacial score (nSPS) is 17.9. The van der Waals surface area contributed by atoms with E-state index in [2.05, 4.69) is 24.2 Å². The van der Waals surface area contributed by atoms with Crippen LogP contribution in [-0.4, -0.2) is 30.2 Å².